The molecule has 0 unspecified atom stereocenters. The summed E-state index contributed by atoms with van der Waals surface area (Å²) in [5, 5.41) is 4.42. The van der Waals surface area contributed by atoms with E-state index in [2.05, 4.69) is 56.4 Å². The van der Waals surface area contributed by atoms with Crippen molar-refractivity contribution in [2.24, 2.45) is 0 Å². The highest BCUT2D eigenvalue weighted by Gasteiger charge is 2.13. The molecule has 0 aliphatic carbocycles. The third kappa shape index (κ3) is 4.02. The van der Waals surface area contributed by atoms with E-state index in [0.29, 0.717) is 6.61 Å². The summed E-state index contributed by atoms with van der Waals surface area (Å²) in [7, 11) is 0. The first kappa shape index (κ1) is 17.5. The van der Waals surface area contributed by atoms with Crippen LogP contribution in [0.15, 0.2) is 42.5 Å². The molecule has 0 atom stereocenters. The van der Waals surface area contributed by atoms with Crippen molar-refractivity contribution in [3.63, 3.8) is 0 Å². The fraction of sp³-hybridized carbons (Fsp3) is 0.286. The number of benzene rings is 2. The van der Waals surface area contributed by atoms with Crippen LogP contribution in [0.1, 0.15) is 29.9 Å². The van der Waals surface area contributed by atoms with Crippen molar-refractivity contribution < 1.29 is 4.74 Å². The number of anilines is 2. The van der Waals surface area contributed by atoms with Gasteiger partial charge in [0.1, 0.15) is 5.75 Å². The van der Waals surface area contributed by atoms with Gasteiger partial charge >= 0.3 is 0 Å². The molecule has 3 rings (SSSR count). The van der Waals surface area contributed by atoms with Gasteiger partial charge in [0.2, 0.25) is 0 Å². The topological polar surface area (TPSA) is 34.1 Å². The lowest BCUT2D eigenvalue weighted by atomic mass is 10.1. The number of hydrogen-bond acceptors (Lipinski definition) is 4. The van der Waals surface area contributed by atoms with Crippen LogP contribution in [-0.2, 0) is 6.42 Å². The number of aromatic nitrogens is 1. The largest absolute Gasteiger partial charge is 0.494 e. The highest BCUT2D eigenvalue weighted by atomic mass is 32.1. The first-order chi connectivity index (χ1) is 12.1. The molecule has 0 fully saturated rings. The van der Waals surface area contributed by atoms with Crippen LogP contribution in [0.5, 0.6) is 5.75 Å². The lowest BCUT2D eigenvalue weighted by Gasteiger charge is -2.07. The van der Waals surface area contributed by atoms with Crippen LogP contribution in [0.25, 0.3) is 11.3 Å². The van der Waals surface area contributed by atoms with Crippen LogP contribution in [0, 0.1) is 13.8 Å². The van der Waals surface area contributed by atoms with E-state index < -0.39 is 0 Å². The first-order valence-electron chi connectivity index (χ1n) is 8.68. The molecule has 25 heavy (non-hydrogen) atoms. The third-order valence-electron chi connectivity index (χ3n) is 4.08. The average Bonchev–Trinajstić information content (AvgIpc) is 3.01. The van der Waals surface area contributed by atoms with Gasteiger partial charge in [0.05, 0.1) is 12.3 Å². The summed E-state index contributed by atoms with van der Waals surface area (Å²) < 4.78 is 5.53. The standard InChI is InChI=1S/C21H24N2OS/c1-5-19-20(16-8-10-17(11-9-16)24-6-2)23-21(25-19)22-18-12-7-14(3)13-15(18)4/h7-13H,5-6H2,1-4H3,(H,22,23). The van der Waals surface area contributed by atoms with Crippen LogP contribution >= 0.6 is 11.3 Å². The zero-order valence-electron chi connectivity index (χ0n) is 15.2. The number of aryl methyl sites for hydroxylation is 3. The van der Waals surface area contributed by atoms with Gasteiger partial charge in [-0.25, -0.2) is 4.98 Å². The monoisotopic (exact) mass is 352 g/mol. The zero-order valence-corrected chi connectivity index (χ0v) is 16.0. The van der Waals surface area contributed by atoms with Crippen LogP contribution in [0.3, 0.4) is 0 Å². The molecule has 130 valence electrons. The van der Waals surface area contributed by atoms with Gasteiger partial charge in [0, 0.05) is 16.1 Å². The van der Waals surface area contributed by atoms with E-state index >= 15 is 0 Å². The van der Waals surface area contributed by atoms with Crippen molar-refractivity contribution in [3.8, 4) is 17.0 Å². The molecule has 0 amide bonds. The Bertz CT molecular complexity index is 853. The van der Waals surface area contributed by atoms with Gasteiger partial charge in [-0.05, 0) is 63.1 Å². The van der Waals surface area contributed by atoms with Crippen molar-refractivity contribution in [1.82, 2.24) is 4.98 Å². The van der Waals surface area contributed by atoms with E-state index in [1.807, 2.05) is 19.1 Å². The molecule has 0 saturated heterocycles. The van der Waals surface area contributed by atoms with Crippen LogP contribution in [0.2, 0.25) is 0 Å². The van der Waals surface area contributed by atoms with Gasteiger partial charge in [0.25, 0.3) is 0 Å². The highest BCUT2D eigenvalue weighted by Crippen LogP contribution is 2.34. The van der Waals surface area contributed by atoms with E-state index in [9.17, 15) is 0 Å². The molecule has 4 heteroatoms. The summed E-state index contributed by atoms with van der Waals surface area (Å²) >= 11 is 1.72. The SMILES string of the molecule is CCOc1ccc(-c2nc(Nc3ccc(C)cc3C)sc2CC)cc1. The maximum absolute atomic E-state index is 5.53. The van der Waals surface area contributed by atoms with Gasteiger partial charge in [0.15, 0.2) is 5.13 Å². The third-order valence-corrected chi connectivity index (χ3v) is 5.20. The predicted molar refractivity (Wildman–Crippen MR) is 107 cm³/mol. The van der Waals surface area contributed by atoms with Crippen molar-refractivity contribution >= 4 is 22.2 Å². The smallest absolute Gasteiger partial charge is 0.187 e. The Morgan fingerprint density at radius 2 is 1.80 bits per heavy atom. The molecule has 0 radical (unpaired) electrons. The van der Waals surface area contributed by atoms with Gasteiger partial charge in [-0.3, -0.25) is 0 Å². The molecule has 0 spiro atoms. The maximum Gasteiger partial charge on any atom is 0.187 e. The predicted octanol–water partition coefficient (Wildman–Crippen LogP) is 6.13. The number of thiazole rings is 1. The molecule has 1 N–H and O–H groups in total. The lowest BCUT2D eigenvalue weighted by molar-refractivity contribution is 0.340. The second kappa shape index (κ2) is 7.70. The second-order valence-corrected chi connectivity index (χ2v) is 7.13. The Morgan fingerprint density at radius 3 is 2.44 bits per heavy atom. The maximum atomic E-state index is 5.53. The Kier molecular flexibility index (Phi) is 5.39. The quantitative estimate of drug-likeness (QED) is 0.579. The molecule has 2 aromatic carbocycles. The highest BCUT2D eigenvalue weighted by molar-refractivity contribution is 7.16. The summed E-state index contributed by atoms with van der Waals surface area (Å²) in [6.07, 6.45) is 0.967. The number of nitrogens with zero attached hydrogens (tertiary/aromatic N) is 1. The minimum absolute atomic E-state index is 0.681. The zero-order chi connectivity index (χ0) is 17.8. The number of hydrogen-bond donors (Lipinski definition) is 1. The summed E-state index contributed by atoms with van der Waals surface area (Å²) in [5.74, 6) is 0.896. The van der Waals surface area contributed by atoms with Gasteiger partial charge < -0.3 is 10.1 Å². The molecular formula is C21H24N2OS. The Balaban J connectivity index is 1.88. The lowest BCUT2D eigenvalue weighted by Crippen LogP contribution is -1.93. The van der Waals surface area contributed by atoms with E-state index in [4.69, 9.17) is 9.72 Å². The van der Waals surface area contributed by atoms with Crippen LogP contribution < -0.4 is 10.1 Å². The number of ether oxygens (including phenoxy) is 1. The summed E-state index contributed by atoms with van der Waals surface area (Å²) in [4.78, 5) is 6.14. The van der Waals surface area contributed by atoms with E-state index in [0.717, 1.165) is 34.2 Å². The van der Waals surface area contributed by atoms with Gasteiger partial charge in [-0.2, -0.15) is 0 Å². The molecule has 0 aliphatic rings. The Morgan fingerprint density at radius 1 is 1.04 bits per heavy atom. The van der Waals surface area contributed by atoms with Gasteiger partial charge in [-0.1, -0.05) is 24.6 Å². The van der Waals surface area contributed by atoms with E-state index in [-0.39, 0.29) is 0 Å². The summed E-state index contributed by atoms with van der Waals surface area (Å²) in [5.41, 5.74) is 5.80. The molecule has 3 nitrogen and oxygen atoms in total. The molecule has 1 heterocycles. The van der Waals surface area contributed by atoms with E-state index in [1.54, 1.807) is 11.3 Å². The van der Waals surface area contributed by atoms with Crippen LogP contribution in [-0.4, -0.2) is 11.6 Å². The normalized spacial score (nSPS) is 10.7. The minimum atomic E-state index is 0.681. The molecule has 0 bridgehead atoms. The molecular weight excluding hydrogens is 328 g/mol. The first-order valence-corrected chi connectivity index (χ1v) is 9.49. The second-order valence-electron chi connectivity index (χ2n) is 6.05. The number of rotatable bonds is 6. The summed E-state index contributed by atoms with van der Waals surface area (Å²) in [6, 6.07) is 14.6. The molecule has 3 aromatic rings. The fourth-order valence-electron chi connectivity index (χ4n) is 2.82. The van der Waals surface area contributed by atoms with E-state index in [1.165, 1.54) is 16.0 Å². The van der Waals surface area contributed by atoms with Crippen LogP contribution in [0.4, 0.5) is 10.8 Å². The van der Waals surface area contributed by atoms with Crippen molar-refractivity contribution in [1.29, 1.82) is 0 Å². The average molecular weight is 353 g/mol. The number of nitrogens with one attached hydrogen (secondary N) is 1. The van der Waals surface area contributed by atoms with Crippen molar-refractivity contribution in [2.75, 3.05) is 11.9 Å². The molecule has 0 saturated carbocycles. The Hall–Kier alpha value is -2.33. The Labute approximate surface area is 153 Å². The molecule has 1 aromatic heterocycles. The van der Waals surface area contributed by atoms with Crippen molar-refractivity contribution in [3.05, 3.63) is 58.5 Å². The van der Waals surface area contributed by atoms with Crippen molar-refractivity contribution in [2.45, 2.75) is 34.1 Å². The molecule has 0 aliphatic heterocycles. The fourth-order valence-corrected chi connectivity index (χ4v) is 3.75. The van der Waals surface area contributed by atoms with Gasteiger partial charge in [-0.15, -0.1) is 11.3 Å². The minimum Gasteiger partial charge on any atom is -0.494 e. The summed E-state index contributed by atoms with van der Waals surface area (Å²) in [6.45, 7) is 9.08.